The Balaban J connectivity index is 1.09. The number of aromatic nitrogens is 6. The first-order valence-corrected chi connectivity index (χ1v) is 13.2. The number of piperidine rings is 1. The molecule has 5 heterocycles. The summed E-state index contributed by atoms with van der Waals surface area (Å²) in [4.78, 5) is 17.9. The molecule has 40 heavy (non-hydrogen) atoms. The van der Waals surface area contributed by atoms with Crippen molar-refractivity contribution in [1.82, 2.24) is 34.6 Å². The Bertz CT molecular complexity index is 1540. The number of nitrogens with zero attached hydrogens (tertiary/aromatic N) is 7. The number of nitriles is 1. The van der Waals surface area contributed by atoms with E-state index in [9.17, 15) is 23.5 Å². The van der Waals surface area contributed by atoms with Crippen LogP contribution in [0, 0.1) is 11.3 Å². The van der Waals surface area contributed by atoms with Crippen LogP contribution >= 0.6 is 0 Å². The fourth-order valence-corrected chi connectivity index (χ4v) is 5.96. The molecular weight excluding hydrogens is 523 g/mol. The van der Waals surface area contributed by atoms with E-state index in [0.29, 0.717) is 12.5 Å². The first kappa shape index (κ1) is 26.2. The van der Waals surface area contributed by atoms with E-state index in [0.717, 1.165) is 67.1 Å². The van der Waals surface area contributed by atoms with Gasteiger partial charge in [0.15, 0.2) is 0 Å². The molecule has 0 bridgehead atoms. The minimum Gasteiger partial charge on any atom is -0.392 e. The van der Waals surface area contributed by atoms with Gasteiger partial charge in [-0.2, -0.15) is 23.5 Å². The first-order chi connectivity index (χ1) is 19.3. The van der Waals surface area contributed by atoms with Gasteiger partial charge in [-0.3, -0.25) is 4.68 Å². The standard InChI is InChI=1S/C27H28F3N9O/c28-27(29,30)22-9-17(15-40)10-23(37-22)36-19-2-7-38(8-3-19)20-11-26(12-20,4-5-31)39-14-18(13-35-39)24-21-1-6-32-25(21)34-16-33-24/h1,6,9-10,13-14,16,19-20,40H,2-4,7-8,11-12,15H2,(H,36,37)(H,32,33,34)/t20-,26+. The van der Waals surface area contributed by atoms with E-state index in [1.807, 2.05) is 23.1 Å². The van der Waals surface area contributed by atoms with Crippen LogP contribution in [0.3, 0.4) is 0 Å². The number of hydrogen-bond acceptors (Lipinski definition) is 8. The predicted molar refractivity (Wildman–Crippen MR) is 140 cm³/mol. The highest BCUT2D eigenvalue weighted by Gasteiger charge is 2.49. The van der Waals surface area contributed by atoms with Gasteiger partial charge in [-0.25, -0.2) is 15.0 Å². The van der Waals surface area contributed by atoms with Crippen molar-refractivity contribution in [2.75, 3.05) is 18.4 Å². The molecule has 3 N–H and O–H groups in total. The molecule has 208 valence electrons. The minimum atomic E-state index is -4.58. The lowest BCUT2D eigenvalue weighted by atomic mass is 9.69. The highest BCUT2D eigenvalue weighted by molar-refractivity contribution is 5.90. The maximum atomic E-state index is 13.2. The Hall–Kier alpha value is -4.02. The van der Waals surface area contributed by atoms with Gasteiger partial charge < -0.3 is 20.3 Å². The molecule has 0 radical (unpaired) electrons. The van der Waals surface area contributed by atoms with Gasteiger partial charge in [-0.15, -0.1) is 0 Å². The number of anilines is 1. The molecule has 13 heteroatoms. The average molecular weight is 552 g/mol. The number of likely N-dealkylation sites (tertiary alicyclic amines) is 1. The minimum absolute atomic E-state index is 0.0190. The molecule has 1 aliphatic carbocycles. The molecule has 0 amide bonds. The lowest BCUT2D eigenvalue weighted by Gasteiger charge is -2.52. The summed E-state index contributed by atoms with van der Waals surface area (Å²) >= 11 is 0. The summed E-state index contributed by atoms with van der Waals surface area (Å²) in [5, 5.41) is 27.7. The van der Waals surface area contributed by atoms with Crippen LogP contribution in [0.4, 0.5) is 19.0 Å². The summed E-state index contributed by atoms with van der Waals surface area (Å²) in [5.74, 6) is 0.129. The molecule has 0 atom stereocenters. The second-order valence-corrected chi connectivity index (χ2v) is 10.6. The van der Waals surface area contributed by atoms with E-state index in [2.05, 4.69) is 41.3 Å². The largest absolute Gasteiger partial charge is 0.433 e. The zero-order valence-corrected chi connectivity index (χ0v) is 21.6. The van der Waals surface area contributed by atoms with Gasteiger partial charge in [0.2, 0.25) is 0 Å². The molecule has 1 saturated carbocycles. The molecule has 1 saturated heterocycles. The van der Waals surface area contributed by atoms with E-state index in [-0.39, 0.29) is 23.0 Å². The second-order valence-electron chi connectivity index (χ2n) is 10.6. The Morgan fingerprint density at radius 1 is 1.20 bits per heavy atom. The second kappa shape index (κ2) is 10.2. The summed E-state index contributed by atoms with van der Waals surface area (Å²) in [7, 11) is 0. The van der Waals surface area contributed by atoms with E-state index in [4.69, 9.17) is 0 Å². The number of hydrogen-bond donors (Lipinski definition) is 3. The van der Waals surface area contributed by atoms with Crippen LogP contribution in [-0.2, 0) is 18.3 Å². The van der Waals surface area contributed by atoms with Crippen LogP contribution in [0.5, 0.6) is 0 Å². The number of fused-ring (bicyclic) bond motifs is 1. The van der Waals surface area contributed by atoms with E-state index in [1.165, 1.54) is 12.4 Å². The fourth-order valence-electron chi connectivity index (χ4n) is 5.96. The lowest BCUT2D eigenvalue weighted by molar-refractivity contribution is -0.141. The maximum absolute atomic E-state index is 13.2. The normalized spacial score (nSPS) is 22.2. The van der Waals surface area contributed by atoms with Crippen molar-refractivity contribution >= 4 is 16.9 Å². The van der Waals surface area contributed by atoms with E-state index in [1.54, 1.807) is 6.20 Å². The summed E-state index contributed by atoms with van der Waals surface area (Å²) in [6.07, 6.45) is 5.93. The van der Waals surface area contributed by atoms with Gasteiger partial charge in [0.1, 0.15) is 23.5 Å². The quantitative estimate of drug-likeness (QED) is 0.313. The van der Waals surface area contributed by atoms with Crippen LogP contribution in [-0.4, -0.2) is 64.9 Å². The SMILES string of the molecule is N#CC[C@]1(n2cc(-c3ncnc4[nH]ccc34)cn2)C[C@@H](N2CCC(Nc3cc(CO)cc(C(F)(F)F)n3)CC2)C1. The van der Waals surface area contributed by atoms with Crippen molar-refractivity contribution in [2.24, 2.45) is 0 Å². The van der Waals surface area contributed by atoms with Gasteiger partial charge in [0.05, 0.1) is 36.5 Å². The molecule has 0 spiro atoms. The number of aromatic amines is 1. The summed E-state index contributed by atoms with van der Waals surface area (Å²) < 4.78 is 41.6. The number of halogens is 3. The van der Waals surface area contributed by atoms with Crippen LogP contribution in [0.15, 0.2) is 43.1 Å². The molecule has 0 aromatic carbocycles. The molecule has 0 unspecified atom stereocenters. The van der Waals surface area contributed by atoms with Gasteiger partial charge in [-0.1, -0.05) is 0 Å². The third-order valence-electron chi connectivity index (χ3n) is 8.09. The number of alkyl halides is 3. The van der Waals surface area contributed by atoms with Crippen molar-refractivity contribution in [3.8, 4) is 17.3 Å². The Morgan fingerprint density at radius 3 is 2.73 bits per heavy atom. The first-order valence-electron chi connectivity index (χ1n) is 13.2. The molecule has 2 fully saturated rings. The van der Waals surface area contributed by atoms with Crippen molar-refractivity contribution in [3.63, 3.8) is 0 Å². The predicted octanol–water partition coefficient (Wildman–Crippen LogP) is 4.08. The third kappa shape index (κ3) is 4.89. The Kier molecular flexibility index (Phi) is 6.67. The molecule has 4 aromatic rings. The Morgan fingerprint density at radius 2 is 2.00 bits per heavy atom. The van der Waals surface area contributed by atoms with Gasteiger partial charge >= 0.3 is 6.18 Å². The molecule has 6 rings (SSSR count). The molecule has 2 aliphatic rings. The third-order valence-corrected chi connectivity index (χ3v) is 8.09. The van der Waals surface area contributed by atoms with E-state index < -0.39 is 18.5 Å². The maximum Gasteiger partial charge on any atom is 0.433 e. The van der Waals surface area contributed by atoms with Gasteiger partial charge in [0.25, 0.3) is 0 Å². The summed E-state index contributed by atoms with van der Waals surface area (Å²) in [5.41, 5.74) is 1.18. The van der Waals surface area contributed by atoms with Crippen LogP contribution in [0.25, 0.3) is 22.3 Å². The van der Waals surface area contributed by atoms with E-state index >= 15 is 0 Å². The zero-order valence-electron chi connectivity index (χ0n) is 21.6. The molecule has 1 aliphatic heterocycles. The van der Waals surface area contributed by atoms with Gasteiger partial charge in [-0.05, 0) is 49.4 Å². The topological polar surface area (TPSA) is 132 Å². The van der Waals surface area contributed by atoms with Gasteiger partial charge in [0, 0.05) is 48.5 Å². The fraction of sp³-hybridized carbons (Fsp3) is 0.444. The molecule has 4 aromatic heterocycles. The van der Waals surface area contributed by atoms with Crippen LogP contribution < -0.4 is 5.32 Å². The zero-order chi connectivity index (χ0) is 27.9. The number of H-pyrrole nitrogens is 1. The summed E-state index contributed by atoms with van der Waals surface area (Å²) in [6, 6.07) is 6.88. The number of aliphatic hydroxyl groups is 1. The van der Waals surface area contributed by atoms with Crippen molar-refractivity contribution in [3.05, 3.63) is 54.4 Å². The highest BCUT2D eigenvalue weighted by Crippen LogP contribution is 2.45. The van der Waals surface area contributed by atoms with Crippen molar-refractivity contribution in [2.45, 2.75) is 62.5 Å². The summed E-state index contributed by atoms with van der Waals surface area (Å²) in [6.45, 7) is 1.08. The Labute approximate surface area is 227 Å². The van der Waals surface area contributed by atoms with Crippen LogP contribution in [0.1, 0.15) is 43.4 Å². The monoisotopic (exact) mass is 551 g/mol. The number of aliphatic hydroxyl groups excluding tert-OH is 1. The highest BCUT2D eigenvalue weighted by atomic mass is 19.4. The number of pyridine rings is 1. The smallest absolute Gasteiger partial charge is 0.392 e. The van der Waals surface area contributed by atoms with Crippen molar-refractivity contribution in [1.29, 1.82) is 5.26 Å². The number of rotatable bonds is 7. The van der Waals surface area contributed by atoms with Crippen LogP contribution in [0.2, 0.25) is 0 Å². The molecule has 10 nitrogen and oxygen atoms in total. The molecular formula is C27H28F3N9O. The average Bonchev–Trinajstić information content (AvgIpc) is 3.61. The van der Waals surface area contributed by atoms with Crippen molar-refractivity contribution < 1.29 is 18.3 Å². The lowest BCUT2D eigenvalue weighted by Crippen LogP contribution is -2.58. The number of nitrogens with one attached hydrogen (secondary N) is 2.